The van der Waals surface area contributed by atoms with Gasteiger partial charge in [-0.25, -0.2) is 4.98 Å². The molecule has 7 heteroatoms. The summed E-state index contributed by atoms with van der Waals surface area (Å²) in [6.45, 7) is 4.38. The third-order valence-corrected chi connectivity index (χ3v) is 5.65. The number of aromatic nitrogens is 3. The molecule has 1 aromatic carbocycles. The van der Waals surface area contributed by atoms with Crippen molar-refractivity contribution in [3.05, 3.63) is 59.8 Å². The van der Waals surface area contributed by atoms with Crippen LogP contribution in [0.5, 0.6) is 0 Å². The van der Waals surface area contributed by atoms with Crippen LogP contribution in [0.3, 0.4) is 0 Å². The molecule has 0 saturated carbocycles. The van der Waals surface area contributed by atoms with Crippen molar-refractivity contribution in [2.24, 2.45) is 0 Å². The second kappa shape index (κ2) is 9.92. The molecule has 0 bridgehead atoms. The molecule has 2 N–H and O–H groups in total. The van der Waals surface area contributed by atoms with Gasteiger partial charge in [0.15, 0.2) is 5.76 Å². The Morgan fingerprint density at radius 1 is 1.29 bits per heavy atom. The lowest BCUT2D eigenvalue weighted by molar-refractivity contribution is 0.161. The number of imidazole rings is 1. The topological polar surface area (TPSA) is 87.6 Å². The average Bonchev–Trinajstić information content (AvgIpc) is 3.53. The van der Waals surface area contributed by atoms with Crippen LogP contribution in [-0.4, -0.2) is 55.6 Å². The zero-order chi connectivity index (χ0) is 21.6. The Kier molecular flexibility index (Phi) is 6.82. The minimum absolute atomic E-state index is 0.238. The standard InChI is InChI=1S/C24H28N4O3/c1-18(30)24-25-11-14-28(24)16-21-15-23(31-26-21)20-9-7-19(8-10-20)5-2-3-12-27-13-4-6-22(27)17-29/h7-11,14-15,18,22,29-30H,3-4,6,12-13,16-17H2,1H3/t18-,22-/m0/s1. The monoisotopic (exact) mass is 420 g/mol. The van der Waals surface area contributed by atoms with Crippen LogP contribution in [0.1, 0.15) is 49.4 Å². The Morgan fingerprint density at radius 3 is 2.90 bits per heavy atom. The van der Waals surface area contributed by atoms with E-state index in [0.29, 0.717) is 24.2 Å². The van der Waals surface area contributed by atoms with Gasteiger partial charge in [0.2, 0.25) is 0 Å². The highest BCUT2D eigenvalue weighted by Crippen LogP contribution is 2.22. The molecule has 0 unspecified atom stereocenters. The molecule has 162 valence electrons. The van der Waals surface area contributed by atoms with Gasteiger partial charge in [0.1, 0.15) is 17.6 Å². The van der Waals surface area contributed by atoms with E-state index in [-0.39, 0.29) is 6.61 Å². The first-order valence-electron chi connectivity index (χ1n) is 10.7. The van der Waals surface area contributed by atoms with Gasteiger partial charge in [0.25, 0.3) is 0 Å². The number of likely N-dealkylation sites (tertiary alicyclic amines) is 1. The van der Waals surface area contributed by atoms with Crippen LogP contribution in [-0.2, 0) is 6.54 Å². The number of benzene rings is 1. The van der Waals surface area contributed by atoms with E-state index in [1.54, 1.807) is 13.1 Å². The van der Waals surface area contributed by atoms with Gasteiger partial charge in [-0.05, 0) is 50.6 Å². The summed E-state index contributed by atoms with van der Waals surface area (Å²) in [7, 11) is 0. The molecule has 2 aromatic heterocycles. The fraction of sp³-hybridized carbons (Fsp3) is 0.417. The van der Waals surface area contributed by atoms with Crippen LogP contribution in [0.15, 0.2) is 47.2 Å². The van der Waals surface area contributed by atoms with Crippen LogP contribution in [0.25, 0.3) is 11.3 Å². The summed E-state index contributed by atoms with van der Waals surface area (Å²) >= 11 is 0. The molecule has 7 nitrogen and oxygen atoms in total. The van der Waals surface area contributed by atoms with Gasteiger partial charge in [0.05, 0.1) is 13.2 Å². The van der Waals surface area contributed by atoms with E-state index in [4.69, 9.17) is 4.52 Å². The average molecular weight is 421 g/mol. The summed E-state index contributed by atoms with van der Waals surface area (Å²) in [5.41, 5.74) is 2.67. The van der Waals surface area contributed by atoms with Crippen molar-refractivity contribution in [3.8, 4) is 23.2 Å². The number of nitrogens with zero attached hydrogens (tertiary/aromatic N) is 4. The minimum Gasteiger partial charge on any atom is -0.395 e. The predicted octanol–water partition coefficient (Wildman–Crippen LogP) is 2.84. The van der Waals surface area contributed by atoms with E-state index in [0.717, 1.165) is 49.2 Å². The van der Waals surface area contributed by atoms with E-state index in [1.807, 2.05) is 41.1 Å². The van der Waals surface area contributed by atoms with Crippen molar-refractivity contribution in [2.45, 2.75) is 44.9 Å². The normalized spacial score (nSPS) is 17.5. The summed E-state index contributed by atoms with van der Waals surface area (Å²) in [4.78, 5) is 6.50. The van der Waals surface area contributed by atoms with E-state index in [9.17, 15) is 10.2 Å². The van der Waals surface area contributed by atoms with Gasteiger partial charge in [-0.3, -0.25) is 4.90 Å². The molecule has 3 heterocycles. The van der Waals surface area contributed by atoms with E-state index in [1.165, 1.54) is 0 Å². The number of aliphatic hydroxyl groups excluding tert-OH is 2. The Hall–Kier alpha value is -2.92. The SMILES string of the molecule is C[C@H](O)c1nccn1Cc1cc(-c2ccc(C#CCCN3CCC[C@H]3CO)cc2)on1. The molecule has 1 aliphatic rings. The van der Waals surface area contributed by atoms with Gasteiger partial charge < -0.3 is 19.3 Å². The quantitative estimate of drug-likeness (QED) is 0.572. The Bertz CT molecular complexity index is 1040. The van der Waals surface area contributed by atoms with Crippen molar-refractivity contribution in [1.29, 1.82) is 0 Å². The van der Waals surface area contributed by atoms with Gasteiger partial charge in [-0.2, -0.15) is 0 Å². The maximum atomic E-state index is 9.79. The zero-order valence-corrected chi connectivity index (χ0v) is 17.7. The molecule has 0 amide bonds. The van der Waals surface area contributed by atoms with E-state index >= 15 is 0 Å². The van der Waals surface area contributed by atoms with Gasteiger partial charge in [0, 0.05) is 48.6 Å². The van der Waals surface area contributed by atoms with Crippen LogP contribution in [0.2, 0.25) is 0 Å². The molecule has 4 rings (SSSR count). The lowest BCUT2D eigenvalue weighted by Gasteiger charge is -2.21. The van der Waals surface area contributed by atoms with Crippen LogP contribution >= 0.6 is 0 Å². The largest absolute Gasteiger partial charge is 0.395 e. The van der Waals surface area contributed by atoms with Gasteiger partial charge >= 0.3 is 0 Å². The van der Waals surface area contributed by atoms with Crippen LogP contribution < -0.4 is 0 Å². The first-order chi connectivity index (χ1) is 15.1. The molecule has 0 spiro atoms. The smallest absolute Gasteiger partial charge is 0.167 e. The lowest BCUT2D eigenvalue weighted by atomic mass is 10.1. The summed E-state index contributed by atoms with van der Waals surface area (Å²) in [5.74, 6) is 7.74. The molecule has 0 aliphatic carbocycles. The second-order valence-electron chi connectivity index (χ2n) is 7.92. The Morgan fingerprint density at radius 2 is 2.13 bits per heavy atom. The predicted molar refractivity (Wildman–Crippen MR) is 117 cm³/mol. The maximum absolute atomic E-state index is 9.79. The van der Waals surface area contributed by atoms with Crippen LogP contribution in [0, 0.1) is 11.8 Å². The lowest BCUT2D eigenvalue weighted by Crippen LogP contribution is -2.32. The fourth-order valence-electron chi connectivity index (χ4n) is 4.00. The summed E-state index contributed by atoms with van der Waals surface area (Å²) in [5, 5.41) is 23.3. The minimum atomic E-state index is -0.638. The van der Waals surface area contributed by atoms with Crippen molar-refractivity contribution in [1.82, 2.24) is 19.6 Å². The first-order valence-corrected chi connectivity index (χ1v) is 10.7. The number of hydrogen-bond acceptors (Lipinski definition) is 6. The Labute approximate surface area is 182 Å². The fourth-order valence-corrected chi connectivity index (χ4v) is 4.00. The van der Waals surface area contributed by atoms with Gasteiger partial charge in [-0.15, -0.1) is 0 Å². The molecular weight excluding hydrogens is 392 g/mol. The summed E-state index contributed by atoms with van der Waals surface area (Å²) < 4.78 is 7.36. The van der Waals surface area contributed by atoms with Crippen molar-refractivity contribution >= 4 is 0 Å². The maximum Gasteiger partial charge on any atom is 0.167 e. The number of aliphatic hydroxyl groups is 2. The summed E-state index contributed by atoms with van der Waals surface area (Å²) in [6.07, 6.45) is 5.89. The molecule has 31 heavy (non-hydrogen) atoms. The van der Waals surface area contributed by atoms with E-state index in [2.05, 4.69) is 26.9 Å². The molecule has 3 aromatic rings. The molecule has 2 atom stereocenters. The zero-order valence-electron chi connectivity index (χ0n) is 17.7. The highest BCUT2D eigenvalue weighted by atomic mass is 16.5. The van der Waals surface area contributed by atoms with Crippen LogP contribution in [0.4, 0.5) is 0 Å². The highest BCUT2D eigenvalue weighted by molar-refractivity contribution is 5.59. The second-order valence-corrected chi connectivity index (χ2v) is 7.92. The molecule has 1 saturated heterocycles. The van der Waals surface area contributed by atoms with Crippen molar-refractivity contribution in [3.63, 3.8) is 0 Å². The van der Waals surface area contributed by atoms with Gasteiger partial charge in [-0.1, -0.05) is 17.0 Å². The molecule has 0 radical (unpaired) electrons. The summed E-state index contributed by atoms with van der Waals surface area (Å²) in [6, 6.07) is 10.1. The molecular formula is C24H28N4O3. The number of rotatable bonds is 7. The van der Waals surface area contributed by atoms with Crippen molar-refractivity contribution < 1.29 is 14.7 Å². The molecule has 1 aliphatic heterocycles. The van der Waals surface area contributed by atoms with Crippen molar-refractivity contribution in [2.75, 3.05) is 19.7 Å². The Balaban J connectivity index is 1.34. The van der Waals surface area contributed by atoms with E-state index < -0.39 is 6.10 Å². The number of hydrogen-bond donors (Lipinski definition) is 2. The third-order valence-electron chi connectivity index (χ3n) is 5.65. The highest BCUT2D eigenvalue weighted by Gasteiger charge is 2.22. The first kappa shape index (κ1) is 21.3. The third kappa shape index (κ3) is 5.23. The molecule has 1 fully saturated rings.